The van der Waals surface area contributed by atoms with Crippen molar-refractivity contribution in [3.05, 3.63) is 52.1 Å². The lowest BCUT2D eigenvalue weighted by Crippen LogP contribution is -2.24. The molecule has 0 atom stereocenters. The molecule has 103 valence electrons. The number of alkyl carbamates (subject to hydrolysis) is 1. The van der Waals surface area contributed by atoms with Gasteiger partial charge in [-0.05, 0) is 17.7 Å². The van der Waals surface area contributed by atoms with Gasteiger partial charge in [0.1, 0.15) is 6.61 Å². The summed E-state index contributed by atoms with van der Waals surface area (Å²) < 4.78 is 4.93. The first kappa shape index (κ1) is 13.5. The molecule has 2 N–H and O–H groups in total. The predicted octanol–water partition coefficient (Wildman–Crippen LogP) is 0.939. The number of aromatic amines is 1. The van der Waals surface area contributed by atoms with Crippen LogP contribution in [0, 0.1) is 16.4 Å². The van der Waals surface area contributed by atoms with Crippen molar-refractivity contribution in [3.8, 4) is 0 Å². The molecule has 9 nitrogen and oxygen atoms in total. The van der Waals surface area contributed by atoms with Crippen LogP contribution in [-0.4, -0.2) is 26.2 Å². The van der Waals surface area contributed by atoms with Crippen LogP contribution >= 0.6 is 0 Å². The second-order valence-electron chi connectivity index (χ2n) is 3.72. The van der Waals surface area contributed by atoms with Gasteiger partial charge in [0.25, 0.3) is 5.69 Å². The number of nitrogens with zero attached hydrogens (tertiary/aromatic N) is 3. The van der Waals surface area contributed by atoms with Gasteiger partial charge in [0.15, 0.2) is 12.2 Å². The number of nitro benzene ring substituents is 1. The van der Waals surface area contributed by atoms with Crippen LogP contribution in [0.3, 0.4) is 0 Å². The molecule has 0 saturated carbocycles. The van der Waals surface area contributed by atoms with E-state index in [1.165, 1.54) is 24.3 Å². The third kappa shape index (κ3) is 3.77. The van der Waals surface area contributed by atoms with Crippen LogP contribution in [0.15, 0.2) is 24.3 Å². The van der Waals surface area contributed by atoms with Crippen LogP contribution in [0.4, 0.5) is 10.5 Å². The molecule has 2 rings (SSSR count). The second-order valence-corrected chi connectivity index (χ2v) is 3.72. The molecule has 0 aliphatic carbocycles. The number of benzene rings is 1. The van der Waals surface area contributed by atoms with Crippen LogP contribution in [0.25, 0.3) is 0 Å². The maximum Gasteiger partial charge on any atom is 0.407 e. The predicted molar refractivity (Wildman–Crippen MR) is 65.3 cm³/mol. The highest BCUT2D eigenvalue weighted by atomic mass is 16.6. The summed E-state index contributed by atoms with van der Waals surface area (Å²) in [6.07, 6.45) is 1.76. The summed E-state index contributed by atoms with van der Waals surface area (Å²) in [4.78, 5) is 25.1. The van der Waals surface area contributed by atoms with Crippen molar-refractivity contribution in [2.75, 3.05) is 0 Å². The molecule has 9 heteroatoms. The van der Waals surface area contributed by atoms with Gasteiger partial charge in [0.2, 0.25) is 0 Å². The minimum atomic E-state index is -0.631. The lowest BCUT2D eigenvalue weighted by atomic mass is 10.2. The Kier molecular flexibility index (Phi) is 4.22. The molecule has 0 aliphatic heterocycles. The standard InChI is InChI=1S/C11H10N5O4/c17-11(12-5-10-13-7-14-15-10)20-6-8-1-3-9(4-2-8)16(18)19/h1-4H,5-6H2,(H,12,17)(H,13,14,15). The van der Waals surface area contributed by atoms with Crippen LogP contribution < -0.4 is 5.32 Å². The fourth-order valence-electron chi connectivity index (χ4n) is 1.35. The van der Waals surface area contributed by atoms with Gasteiger partial charge in [0.05, 0.1) is 11.5 Å². The average Bonchev–Trinajstić information content (AvgIpc) is 2.96. The van der Waals surface area contributed by atoms with Gasteiger partial charge in [-0.2, -0.15) is 5.10 Å². The monoisotopic (exact) mass is 276 g/mol. The Bertz CT molecular complexity index is 581. The Morgan fingerprint density at radius 1 is 1.45 bits per heavy atom. The van der Waals surface area contributed by atoms with E-state index in [-0.39, 0.29) is 18.8 Å². The Hall–Kier alpha value is -2.97. The summed E-state index contributed by atoms with van der Waals surface area (Å²) in [5.41, 5.74) is 0.635. The number of ether oxygens (including phenoxy) is 1. The molecule has 0 bridgehead atoms. The van der Waals surface area contributed by atoms with E-state index < -0.39 is 11.0 Å². The summed E-state index contributed by atoms with van der Waals surface area (Å²) in [6, 6.07) is 5.74. The normalized spacial score (nSPS) is 10.0. The Morgan fingerprint density at radius 2 is 2.20 bits per heavy atom. The zero-order valence-electron chi connectivity index (χ0n) is 10.2. The van der Waals surface area contributed by atoms with Gasteiger partial charge in [-0.25, -0.2) is 9.78 Å². The molecule has 20 heavy (non-hydrogen) atoms. The lowest BCUT2D eigenvalue weighted by molar-refractivity contribution is -0.384. The smallest absolute Gasteiger partial charge is 0.407 e. The summed E-state index contributed by atoms with van der Waals surface area (Å²) in [5, 5.41) is 19.0. The summed E-state index contributed by atoms with van der Waals surface area (Å²) in [7, 11) is 0. The van der Waals surface area contributed by atoms with E-state index in [4.69, 9.17) is 4.74 Å². The number of aromatic nitrogens is 3. The number of carbonyl (C=O) groups is 1. The minimum absolute atomic E-state index is 0.0148. The van der Waals surface area contributed by atoms with E-state index in [0.29, 0.717) is 11.4 Å². The molecule has 0 saturated heterocycles. The summed E-state index contributed by atoms with van der Waals surface area (Å²) >= 11 is 0. The fourth-order valence-corrected chi connectivity index (χ4v) is 1.35. The van der Waals surface area contributed by atoms with Crippen molar-refractivity contribution in [3.63, 3.8) is 0 Å². The third-order valence-electron chi connectivity index (χ3n) is 2.33. The van der Waals surface area contributed by atoms with E-state index >= 15 is 0 Å². The summed E-state index contributed by atoms with van der Waals surface area (Å²) in [6.45, 7) is 0.142. The van der Waals surface area contributed by atoms with Gasteiger partial charge < -0.3 is 10.1 Å². The number of H-pyrrole nitrogens is 1. The van der Waals surface area contributed by atoms with E-state index in [2.05, 4.69) is 26.8 Å². The first-order chi connectivity index (χ1) is 9.65. The summed E-state index contributed by atoms with van der Waals surface area (Å²) in [5.74, 6) is 0.386. The van der Waals surface area contributed by atoms with E-state index in [0.717, 1.165) is 0 Å². The maximum absolute atomic E-state index is 11.4. The van der Waals surface area contributed by atoms with Crippen molar-refractivity contribution in [2.45, 2.75) is 13.2 Å². The van der Waals surface area contributed by atoms with Crippen LogP contribution in [0.1, 0.15) is 11.4 Å². The molecule has 0 unspecified atom stereocenters. The largest absolute Gasteiger partial charge is 0.445 e. The van der Waals surface area contributed by atoms with E-state index in [1.807, 2.05) is 0 Å². The van der Waals surface area contributed by atoms with Gasteiger partial charge >= 0.3 is 6.09 Å². The van der Waals surface area contributed by atoms with Crippen LogP contribution in [0.5, 0.6) is 0 Å². The molecule has 0 spiro atoms. The van der Waals surface area contributed by atoms with Crippen LogP contribution in [-0.2, 0) is 17.9 Å². The SMILES string of the molecule is O=C(NCc1n[c][nH]n1)OCc1ccc([N+](=O)[O-])cc1. The van der Waals surface area contributed by atoms with Crippen molar-refractivity contribution in [1.82, 2.24) is 20.5 Å². The minimum Gasteiger partial charge on any atom is -0.445 e. The molecule has 1 amide bonds. The highest BCUT2D eigenvalue weighted by Gasteiger charge is 2.07. The van der Waals surface area contributed by atoms with Crippen molar-refractivity contribution in [1.29, 1.82) is 0 Å². The Balaban J connectivity index is 1.76. The first-order valence-electron chi connectivity index (χ1n) is 5.56. The number of hydrogen-bond acceptors (Lipinski definition) is 6. The van der Waals surface area contributed by atoms with E-state index in [1.54, 1.807) is 0 Å². The van der Waals surface area contributed by atoms with Crippen molar-refractivity contribution in [2.24, 2.45) is 0 Å². The van der Waals surface area contributed by atoms with Crippen molar-refractivity contribution < 1.29 is 14.5 Å². The molecule has 1 radical (unpaired) electrons. The number of hydrogen-bond donors (Lipinski definition) is 2. The number of non-ortho nitro benzene ring substituents is 1. The zero-order chi connectivity index (χ0) is 14.4. The molecule has 0 fully saturated rings. The highest BCUT2D eigenvalue weighted by Crippen LogP contribution is 2.12. The molecule has 2 aromatic rings. The lowest BCUT2D eigenvalue weighted by Gasteiger charge is -2.05. The van der Waals surface area contributed by atoms with E-state index in [9.17, 15) is 14.9 Å². The fraction of sp³-hybridized carbons (Fsp3) is 0.182. The zero-order valence-corrected chi connectivity index (χ0v) is 10.2. The van der Waals surface area contributed by atoms with Gasteiger partial charge in [-0.1, -0.05) is 0 Å². The third-order valence-corrected chi connectivity index (χ3v) is 2.33. The van der Waals surface area contributed by atoms with Gasteiger partial charge in [-0.15, -0.1) is 0 Å². The Morgan fingerprint density at radius 3 is 2.80 bits per heavy atom. The quantitative estimate of drug-likeness (QED) is 0.618. The number of rotatable bonds is 5. The molecule has 0 aliphatic rings. The Labute approximate surface area is 113 Å². The number of nitrogens with one attached hydrogen (secondary N) is 2. The maximum atomic E-state index is 11.4. The topological polar surface area (TPSA) is 123 Å². The second kappa shape index (κ2) is 6.27. The molecular formula is C11H10N5O4. The molecule has 1 heterocycles. The van der Waals surface area contributed by atoms with Crippen LogP contribution in [0.2, 0.25) is 0 Å². The highest BCUT2D eigenvalue weighted by molar-refractivity contribution is 5.67. The average molecular weight is 276 g/mol. The first-order valence-corrected chi connectivity index (χ1v) is 5.56. The molecular weight excluding hydrogens is 266 g/mol. The molecule has 1 aromatic carbocycles. The molecule has 1 aromatic heterocycles. The number of amides is 1. The number of carbonyl (C=O) groups excluding carboxylic acids is 1. The number of nitro groups is 1. The van der Waals surface area contributed by atoms with Gasteiger partial charge in [0, 0.05) is 12.1 Å². The van der Waals surface area contributed by atoms with Gasteiger partial charge in [-0.3, -0.25) is 15.2 Å². The van der Waals surface area contributed by atoms with Crippen molar-refractivity contribution >= 4 is 11.8 Å².